The quantitative estimate of drug-likeness (QED) is 0.572. The molecule has 0 unspecified atom stereocenters. The fourth-order valence-electron chi connectivity index (χ4n) is 2.27. The van der Waals surface area contributed by atoms with E-state index in [-0.39, 0.29) is 31.0 Å². The van der Waals surface area contributed by atoms with Crippen LogP contribution in [0.4, 0.5) is 0 Å². The Hall–Kier alpha value is -2.90. The maximum Gasteiger partial charge on any atom is 0.331 e. The molecule has 2 aromatic rings. The summed E-state index contributed by atoms with van der Waals surface area (Å²) in [6.07, 6.45) is 4.02. The van der Waals surface area contributed by atoms with Crippen molar-refractivity contribution in [1.82, 2.24) is 0 Å². The number of esters is 1. The maximum atomic E-state index is 11.8. The zero-order valence-electron chi connectivity index (χ0n) is 14.5. The Kier molecular flexibility index (Phi) is 6.71. The number of aliphatic hydroxyl groups excluding tert-OH is 2. The number of carbonyl (C=O) groups excluding carboxylic acids is 1. The number of methoxy groups -OCH3 is 1. The minimum Gasteiger partial charge on any atom is -0.496 e. The summed E-state index contributed by atoms with van der Waals surface area (Å²) in [7, 11) is 1.45. The van der Waals surface area contributed by atoms with Crippen LogP contribution in [0.3, 0.4) is 0 Å². The summed E-state index contributed by atoms with van der Waals surface area (Å²) in [6.45, 7) is 0.923. The van der Waals surface area contributed by atoms with Gasteiger partial charge >= 0.3 is 5.97 Å². The largest absolute Gasteiger partial charge is 0.496 e. The molecule has 26 heavy (non-hydrogen) atoms. The van der Waals surface area contributed by atoms with Gasteiger partial charge in [-0.15, -0.1) is 0 Å². The summed E-state index contributed by atoms with van der Waals surface area (Å²) < 4.78 is 15.4. The third-order valence-electron chi connectivity index (χ3n) is 3.71. The Balaban J connectivity index is 2.07. The minimum absolute atomic E-state index is 0.159. The van der Waals surface area contributed by atoms with E-state index < -0.39 is 5.97 Å². The Labute approximate surface area is 150 Å². The second-order valence-corrected chi connectivity index (χ2v) is 5.51. The number of carbonyl (C=O) groups is 1. The average molecular weight is 360 g/mol. The molecule has 1 aromatic heterocycles. The first-order valence-electron chi connectivity index (χ1n) is 7.83. The van der Waals surface area contributed by atoms with Crippen molar-refractivity contribution < 1.29 is 28.9 Å². The van der Waals surface area contributed by atoms with Crippen LogP contribution in [0.15, 0.2) is 39.7 Å². The zero-order chi connectivity index (χ0) is 19.1. The average Bonchev–Trinajstić information content (AvgIpc) is 2.66. The van der Waals surface area contributed by atoms with Crippen molar-refractivity contribution in [2.45, 2.75) is 26.7 Å². The zero-order valence-corrected chi connectivity index (χ0v) is 14.5. The second-order valence-electron chi connectivity index (χ2n) is 5.51. The van der Waals surface area contributed by atoms with Crippen LogP contribution in [0.5, 0.6) is 5.75 Å². The summed E-state index contributed by atoms with van der Waals surface area (Å²) in [4.78, 5) is 23.3. The molecule has 1 aromatic carbocycles. The van der Waals surface area contributed by atoms with Crippen molar-refractivity contribution >= 4 is 12.0 Å². The van der Waals surface area contributed by atoms with Crippen LogP contribution in [-0.2, 0) is 29.4 Å². The molecule has 0 saturated carbocycles. The smallest absolute Gasteiger partial charge is 0.331 e. The maximum absolute atomic E-state index is 11.8. The first-order valence-corrected chi connectivity index (χ1v) is 7.83. The molecule has 138 valence electrons. The molecule has 0 aliphatic rings. The monoisotopic (exact) mass is 360 g/mol. The molecule has 7 heteroatoms. The topological polar surface area (TPSA) is 106 Å². The van der Waals surface area contributed by atoms with E-state index in [1.807, 2.05) is 0 Å². The van der Waals surface area contributed by atoms with E-state index in [2.05, 4.69) is 0 Å². The van der Waals surface area contributed by atoms with E-state index in [1.165, 1.54) is 31.6 Å². The lowest BCUT2D eigenvalue weighted by Crippen LogP contribution is -2.07. The lowest BCUT2D eigenvalue weighted by Gasteiger charge is -2.12. The van der Waals surface area contributed by atoms with Crippen LogP contribution in [0.2, 0.25) is 0 Å². The van der Waals surface area contributed by atoms with Crippen molar-refractivity contribution in [2.24, 2.45) is 0 Å². The highest BCUT2D eigenvalue weighted by Gasteiger charge is 2.10. The van der Waals surface area contributed by atoms with Gasteiger partial charge in [-0.3, -0.25) is 4.79 Å². The van der Waals surface area contributed by atoms with Gasteiger partial charge in [-0.1, -0.05) is 0 Å². The van der Waals surface area contributed by atoms with E-state index >= 15 is 0 Å². The molecule has 0 fully saturated rings. The summed E-state index contributed by atoms with van der Waals surface area (Å²) in [5.74, 6) is 0.0383. The molecule has 2 N–H and O–H groups in total. The molecule has 0 atom stereocenters. The number of aryl methyl sites for hydroxylation is 1. The van der Waals surface area contributed by atoms with Gasteiger partial charge in [0, 0.05) is 23.3 Å². The number of hydrogen-bond acceptors (Lipinski definition) is 7. The summed E-state index contributed by atoms with van der Waals surface area (Å²) in [5, 5.41) is 18.8. The van der Waals surface area contributed by atoms with Gasteiger partial charge < -0.3 is 24.1 Å². The second kappa shape index (κ2) is 8.98. The van der Waals surface area contributed by atoms with Crippen LogP contribution in [0.1, 0.15) is 28.0 Å². The molecule has 0 amide bonds. The molecule has 0 spiro atoms. The van der Waals surface area contributed by atoms with Gasteiger partial charge in [-0.25, -0.2) is 4.79 Å². The number of aliphatic hydroxyl groups is 2. The normalized spacial score (nSPS) is 10.9. The Morgan fingerprint density at radius 3 is 2.62 bits per heavy atom. The molecular formula is C19H20O7. The molecule has 0 bridgehead atoms. The fourth-order valence-corrected chi connectivity index (χ4v) is 2.27. The minimum atomic E-state index is -0.621. The van der Waals surface area contributed by atoms with E-state index in [0.717, 1.165) is 0 Å². The van der Waals surface area contributed by atoms with Crippen molar-refractivity contribution in [1.29, 1.82) is 0 Å². The Morgan fingerprint density at radius 1 is 1.23 bits per heavy atom. The molecule has 0 radical (unpaired) electrons. The summed E-state index contributed by atoms with van der Waals surface area (Å²) in [5.41, 5.74) is 1.87. The standard InChI is InChI=1S/C19H20O7/c1-12-10-25-15(7-17(12)22)11-26-19(23)4-3-13-5-14(8-20)16(9-21)18(6-13)24-2/h3-7,10,20-21H,8-9,11H2,1-2H3/b4-3+. The molecule has 2 rings (SSSR count). The highest BCUT2D eigenvalue weighted by atomic mass is 16.5. The van der Waals surface area contributed by atoms with E-state index in [9.17, 15) is 19.8 Å². The van der Waals surface area contributed by atoms with Gasteiger partial charge in [0.05, 0.1) is 26.6 Å². The first-order chi connectivity index (χ1) is 12.5. The van der Waals surface area contributed by atoms with Gasteiger partial charge in [0.15, 0.2) is 5.43 Å². The molecule has 1 heterocycles. The molecule has 0 aliphatic carbocycles. The predicted octanol–water partition coefficient (Wildman–Crippen LogP) is 1.70. The highest BCUT2D eigenvalue weighted by molar-refractivity contribution is 5.87. The Bertz CT molecular complexity index is 839. The van der Waals surface area contributed by atoms with Crippen molar-refractivity contribution in [3.8, 4) is 5.75 Å². The van der Waals surface area contributed by atoms with Crippen molar-refractivity contribution in [2.75, 3.05) is 7.11 Å². The van der Waals surface area contributed by atoms with Crippen molar-refractivity contribution in [3.05, 3.63) is 68.8 Å². The number of hydrogen-bond donors (Lipinski definition) is 2. The SMILES string of the molecule is COc1cc(/C=C/C(=O)OCc2cc(=O)c(C)co2)cc(CO)c1CO. The van der Waals surface area contributed by atoms with Crippen LogP contribution in [-0.4, -0.2) is 23.3 Å². The fraction of sp³-hybridized carbons (Fsp3) is 0.263. The molecule has 0 saturated heterocycles. The van der Waals surface area contributed by atoms with E-state index in [0.29, 0.717) is 28.0 Å². The number of ether oxygens (including phenoxy) is 2. The van der Waals surface area contributed by atoms with Crippen molar-refractivity contribution in [3.63, 3.8) is 0 Å². The third kappa shape index (κ3) is 4.81. The molecule has 0 aliphatic heterocycles. The molecular weight excluding hydrogens is 340 g/mol. The summed E-state index contributed by atoms with van der Waals surface area (Å²) in [6, 6.07) is 4.54. The van der Waals surface area contributed by atoms with Crippen LogP contribution >= 0.6 is 0 Å². The van der Waals surface area contributed by atoms with Gasteiger partial charge in [0.2, 0.25) is 0 Å². The van der Waals surface area contributed by atoms with Crippen LogP contribution in [0.25, 0.3) is 6.08 Å². The van der Waals surface area contributed by atoms with E-state index in [4.69, 9.17) is 13.9 Å². The van der Waals surface area contributed by atoms with E-state index in [1.54, 1.807) is 19.1 Å². The lowest BCUT2D eigenvalue weighted by atomic mass is 10.0. The lowest BCUT2D eigenvalue weighted by molar-refractivity contribution is -0.139. The van der Waals surface area contributed by atoms with Crippen LogP contribution < -0.4 is 10.2 Å². The first kappa shape index (κ1) is 19.4. The third-order valence-corrected chi connectivity index (χ3v) is 3.71. The number of benzene rings is 1. The highest BCUT2D eigenvalue weighted by Crippen LogP contribution is 2.25. The summed E-state index contributed by atoms with van der Waals surface area (Å²) >= 11 is 0. The van der Waals surface area contributed by atoms with Gasteiger partial charge in [-0.2, -0.15) is 0 Å². The molecule has 7 nitrogen and oxygen atoms in total. The van der Waals surface area contributed by atoms with Gasteiger partial charge in [0.25, 0.3) is 0 Å². The predicted molar refractivity (Wildman–Crippen MR) is 93.4 cm³/mol. The van der Waals surface area contributed by atoms with Gasteiger partial charge in [0.1, 0.15) is 18.1 Å². The van der Waals surface area contributed by atoms with Crippen LogP contribution in [0, 0.1) is 6.92 Å². The van der Waals surface area contributed by atoms with Gasteiger partial charge in [-0.05, 0) is 36.3 Å². The number of rotatable bonds is 7. The Morgan fingerprint density at radius 2 is 2.00 bits per heavy atom.